The van der Waals surface area contributed by atoms with E-state index in [1.54, 1.807) is 0 Å². The van der Waals surface area contributed by atoms with Crippen LogP contribution in [0.3, 0.4) is 0 Å². The van der Waals surface area contributed by atoms with Gasteiger partial charge in [-0.2, -0.15) is 0 Å². The molecule has 0 saturated heterocycles. The van der Waals surface area contributed by atoms with Gasteiger partial charge in [-0.05, 0) is 77.4 Å². The molecule has 0 aliphatic heterocycles. The zero-order valence-corrected chi connectivity index (χ0v) is 20.7. The van der Waals surface area contributed by atoms with Gasteiger partial charge in [0.2, 0.25) is 0 Å². The van der Waals surface area contributed by atoms with Gasteiger partial charge in [-0.15, -0.1) is 0 Å². The summed E-state index contributed by atoms with van der Waals surface area (Å²) in [7, 11) is 0. The highest BCUT2D eigenvalue weighted by Gasteiger charge is 2.15. The van der Waals surface area contributed by atoms with Crippen LogP contribution in [0.25, 0.3) is 66.4 Å². The Hall–Kier alpha value is -4.82. The molecule has 0 aliphatic rings. The van der Waals surface area contributed by atoms with E-state index in [2.05, 4.69) is 132 Å². The number of nitrogens with zero attached hydrogens (tertiary/aromatic N) is 1. The molecule has 0 unspecified atom stereocenters. The Morgan fingerprint density at radius 3 is 2.14 bits per heavy atom. The van der Waals surface area contributed by atoms with Crippen LogP contribution < -0.4 is 0 Å². The Labute approximate surface area is 215 Å². The first-order chi connectivity index (χ1) is 18.2. The van der Waals surface area contributed by atoms with Gasteiger partial charge in [0.25, 0.3) is 0 Å². The summed E-state index contributed by atoms with van der Waals surface area (Å²) < 4.78 is 2.39. The molecule has 176 valence electrons. The lowest BCUT2D eigenvalue weighted by atomic mass is 9.99. The van der Waals surface area contributed by atoms with Crippen molar-refractivity contribution in [1.82, 2.24) is 9.55 Å². The second-order valence-electron chi connectivity index (χ2n) is 9.64. The molecule has 0 atom stereocenters. The van der Waals surface area contributed by atoms with Crippen LogP contribution in [-0.4, -0.2) is 9.55 Å². The first kappa shape index (κ1) is 21.5. The normalized spacial score (nSPS) is 11.9. The maximum atomic E-state index is 3.83. The fraction of sp³-hybridized carbons (Fsp3) is 0.0286. The quantitative estimate of drug-likeness (QED) is 0.245. The highest BCUT2D eigenvalue weighted by atomic mass is 15.0. The van der Waals surface area contributed by atoms with Crippen LogP contribution in [-0.2, 0) is 0 Å². The molecule has 2 heteroatoms. The molecule has 0 radical (unpaired) electrons. The van der Waals surface area contributed by atoms with Crippen molar-refractivity contribution in [1.29, 1.82) is 0 Å². The third-order valence-corrected chi connectivity index (χ3v) is 7.42. The van der Waals surface area contributed by atoms with Crippen molar-refractivity contribution in [2.75, 3.05) is 0 Å². The van der Waals surface area contributed by atoms with Gasteiger partial charge in [0.1, 0.15) is 0 Å². The molecule has 1 N–H and O–H groups in total. The van der Waals surface area contributed by atoms with Crippen molar-refractivity contribution in [3.05, 3.63) is 133 Å². The van der Waals surface area contributed by atoms with Crippen molar-refractivity contribution in [2.24, 2.45) is 0 Å². The number of para-hydroxylation sites is 1. The molecule has 2 aromatic heterocycles. The van der Waals surface area contributed by atoms with Crippen LogP contribution in [0, 0.1) is 6.92 Å². The van der Waals surface area contributed by atoms with E-state index in [9.17, 15) is 0 Å². The molecule has 0 bridgehead atoms. The summed E-state index contributed by atoms with van der Waals surface area (Å²) >= 11 is 0. The SMILES string of the molecule is C=C/C=C\c1c(C)[nH]c2ccc(-c3ccc4c(c3)c3cc5ccccc5cc3n4-c3ccccc3)cc12. The largest absolute Gasteiger partial charge is 0.358 e. The number of rotatable bonds is 4. The molecular formula is C35H26N2. The van der Waals surface area contributed by atoms with E-state index in [0.29, 0.717) is 0 Å². The fourth-order valence-electron chi connectivity index (χ4n) is 5.65. The van der Waals surface area contributed by atoms with E-state index in [4.69, 9.17) is 0 Å². The minimum atomic E-state index is 1.15. The van der Waals surface area contributed by atoms with E-state index < -0.39 is 0 Å². The average molecular weight is 475 g/mol. The second-order valence-corrected chi connectivity index (χ2v) is 9.64. The van der Waals surface area contributed by atoms with Crippen LogP contribution in [0.2, 0.25) is 0 Å². The van der Waals surface area contributed by atoms with E-state index >= 15 is 0 Å². The lowest BCUT2D eigenvalue weighted by molar-refractivity contribution is 1.18. The lowest BCUT2D eigenvalue weighted by Crippen LogP contribution is -1.93. The van der Waals surface area contributed by atoms with Crippen LogP contribution in [0.5, 0.6) is 0 Å². The van der Waals surface area contributed by atoms with Gasteiger partial charge in [-0.25, -0.2) is 0 Å². The molecule has 0 aliphatic carbocycles. The first-order valence-corrected chi connectivity index (χ1v) is 12.7. The van der Waals surface area contributed by atoms with Crippen LogP contribution in [0.4, 0.5) is 0 Å². The number of aryl methyl sites for hydroxylation is 1. The Morgan fingerprint density at radius 2 is 1.35 bits per heavy atom. The molecule has 7 aromatic rings. The van der Waals surface area contributed by atoms with Gasteiger partial charge in [-0.1, -0.05) is 79.4 Å². The molecule has 7 rings (SSSR count). The number of hydrogen-bond acceptors (Lipinski definition) is 0. The van der Waals surface area contributed by atoms with E-state index in [1.165, 1.54) is 66.0 Å². The van der Waals surface area contributed by atoms with Gasteiger partial charge in [0.15, 0.2) is 0 Å². The maximum Gasteiger partial charge on any atom is 0.0547 e. The number of benzene rings is 5. The van der Waals surface area contributed by atoms with Gasteiger partial charge < -0.3 is 9.55 Å². The van der Waals surface area contributed by atoms with Crippen LogP contribution >= 0.6 is 0 Å². The summed E-state index contributed by atoms with van der Waals surface area (Å²) in [6.07, 6.45) is 5.95. The smallest absolute Gasteiger partial charge is 0.0547 e. The third kappa shape index (κ3) is 3.41. The molecule has 0 fully saturated rings. The number of H-pyrrole nitrogens is 1. The zero-order chi connectivity index (χ0) is 24.9. The average Bonchev–Trinajstić information content (AvgIpc) is 3.43. The van der Waals surface area contributed by atoms with Gasteiger partial charge >= 0.3 is 0 Å². The fourth-order valence-corrected chi connectivity index (χ4v) is 5.65. The first-order valence-electron chi connectivity index (χ1n) is 12.7. The monoisotopic (exact) mass is 474 g/mol. The van der Waals surface area contributed by atoms with Gasteiger partial charge in [0, 0.05) is 38.6 Å². The van der Waals surface area contributed by atoms with Gasteiger partial charge in [0.05, 0.1) is 11.0 Å². The molecule has 0 spiro atoms. The highest BCUT2D eigenvalue weighted by molar-refractivity contribution is 6.14. The highest BCUT2D eigenvalue weighted by Crippen LogP contribution is 2.38. The minimum absolute atomic E-state index is 1.15. The van der Waals surface area contributed by atoms with Crippen molar-refractivity contribution in [3.8, 4) is 16.8 Å². The topological polar surface area (TPSA) is 20.7 Å². The molecule has 2 nitrogen and oxygen atoms in total. The lowest BCUT2D eigenvalue weighted by Gasteiger charge is -2.09. The molecule has 2 heterocycles. The third-order valence-electron chi connectivity index (χ3n) is 7.42. The standard InChI is InChI=1S/C35H26N2/c1-3-4-14-29-23(2)36-33-17-15-26(19-30(29)33)27-16-18-34-31(21-27)32-20-24-10-8-9-11-25(24)22-35(32)37(34)28-12-6-5-7-13-28/h3-22,36H,1H2,2H3/b14-4-. The van der Waals surface area contributed by atoms with Crippen molar-refractivity contribution >= 4 is 49.6 Å². The Morgan fingerprint density at radius 1 is 0.676 bits per heavy atom. The molecule has 37 heavy (non-hydrogen) atoms. The number of aromatic amines is 1. The predicted molar refractivity (Wildman–Crippen MR) is 160 cm³/mol. The van der Waals surface area contributed by atoms with Crippen molar-refractivity contribution < 1.29 is 0 Å². The number of allylic oxidation sites excluding steroid dienone is 2. The molecule has 0 saturated carbocycles. The summed E-state index contributed by atoms with van der Waals surface area (Å²) in [5.74, 6) is 0. The Balaban J connectivity index is 1.50. The minimum Gasteiger partial charge on any atom is -0.358 e. The number of aromatic nitrogens is 2. The van der Waals surface area contributed by atoms with E-state index in [1.807, 2.05) is 12.2 Å². The molecule has 5 aromatic carbocycles. The summed E-state index contributed by atoms with van der Waals surface area (Å²) in [6, 6.07) is 37.5. The number of nitrogens with one attached hydrogen (secondary N) is 1. The number of fused-ring (bicyclic) bond motifs is 5. The maximum absolute atomic E-state index is 3.83. The summed E-state index contributed by atoms with van der Waals surface area (Å²) in [5, 5.41) is 6.27. The Bertz CT molecular complexity index is 2000. The van der Waals surface area contributed by atoms with Gasteiger partial charge in [-0.3, -0.25) is 0 Å². The summed E-state index contributed by atoms with van der Waals surface area (Å²) in [4.78, 5) is 3.52. The van der Waals surface area contributed by atoms with Crippen LogP contribution in [0.15, 0.2) is 122 Å². The Kier molecular flexibility index (Phi) is 4.87. The van der Waals surface area contributed by atoms with Crippen LogP contribution in [0.1, 0.15) is 11.3 Å². The van der Waals surface area contributed by atoms with Crippen molar-refractivity contribution in [2.45, 2.75) is 6.92 Å². The molecule has 0 amide bonds. The van der Waals surface area contributed by atoms with Crippen molar-refractivity contribution in [3.63, 3.8) is 0 Å². The summed E-state index contributed by atoms with van der Waals surface area (Å²) in [5.41, 5.74) is 9.57. The van der Waals surface area contributed by atoms with E-state index in [-0.39, 0.29) is 0 Å². The number of hydrogen-bond donors (Lipinski definition) is 1. The molecular weight excluding hydrogens is 448 g/mol. The second kappa shape index (κ2) is 8.39. The predicted octanol–water partition coefficient (Wildman–Crippen LogP) is 9.59. The zero-order valence-electron chi connectivity index (χ0n) is 20.7. The van der Waals surface area contributed by atoms with E-state index in [0.717, 1.165) is 5.52 Å². The summed E-state index contributed by atoms with van der Waals surface area (Å²) in [6.45, 7) is 5.95.